The van der Waals surface area contributed by atoms with Crippen molar-refractivity contribution in [2.75, 3.05) is 0 Å². The van der Waals surface area contributed by atoms with E-state index in [1.807, 2.05) is 19.1 Å². The normalized spacial score (nSPS) is 9.86. The Labute approximate surface area is 92.4 Å². The summed E-state index contributed by atoms with van der Waals surface area (Å²) in [7, 11) is 0. The Kier molecular flexibility index (Phi) is 4.66. The number of carbonyl (C=O) groups excluding carboxylic acids is 1. The smallest absolute Gasteiger partial charge is 0.311 e. The van der Waals surface area contributed by atoms with Gasteiger partial charge in [0.1, 0.15) is 5.75 Å². The first kappa shape index (κ1) is 11.2. The summed E-state index contributed by atoms with van der Waals surface area (Å²) in [5, 5.41) is 0. The fourth-order valence-electron chi connectivity index (χ4n) is 1.03. The molecule has 3 heteroatoms. The number of unbranched alkanes of at least 4 members (excludes halogenated alkanes) is 1. The van der Waals surface area contributed by atoms with E-state index in [0.717, 1.165) is 17.3 Å². The predicted molar refractivity (Wildman–Crippen MR) is 59.3 cm³/mol. The Morgan fingerprint density at radius 3 is 2.93 bits per heavy atom. The van der Waals surface area contributed by atoms with Gasteiger partial charge in [-0.3, -0.25) is 4.79 Å². The van der Waals surface area contributed by atoms with Crippen molar-refractivity contribution < 1.29 is 9.53 Å². The standard InChI is InChI=1S/C11H13BrO2/c1-2-3-7-11(13)14-10-6-4-5-9(12)8-10/h4-6,8H,2-3,7H2,1H3. The third-order valence-electron chi connectivity index (χ3n) is 1.76. The van der Waals surface area contributed by atoms with Gasteiger partial charge in [0, 0.05) is 10.9 Å². The van der Waals surface area contributed by atoms with Gasteiger partial charge in [-0.1, -0.05) is 35.3 Å². The number of hydrogen-bond acceptors (Lipinski definition) is 2. The third kappa shape index (κ3) is 3.92. The molecule has 0 N–H and O–H groups in total. The Bertz CT molecular complexity index is 310. The largest absolute Gasteiger partial charge is 0.426 e. The van der Waals surface area contributed by atoms with Crippen molar-refractivity contribution in [3.63, 3.8) is 0 Å². The molecule has 0 spiro atoms. The van der Waals surface area contributed by atoms with E-state index in [1.165, 1.54) is 0 Å². The summed E-state index contributed by atoms with van der Waals surface area (Å²) in [6, 6.07) is 7.29. The lowest BCUT2D eigenvalue weighted by Crippen LogP contribution is -2.07. The lowest BCUT2D eigenvalue weighted by molar-refractivity contribution is -0.134. The molecule has 0 aliphatic carbocycles. The highest BCUT2D eigenvalue weighted by molar-refractivity contribution is 9.10. The van der Waals surface area contributed by atoms with Crippen LogP contribution in [0.2, 0.25) is 0 Å². The van der Waals surface area contributed by atoms with Crippen LogP contribution in [0.1, 0.15) is 26.2 Å². The monoisotopic (exact) mass is 256 g/mol. The molecule has 0 amide bonds. The average Bonchev–Trinajstić information content (AvgIpc) is 2.15. The summed E-state index contributed by atoms with van der Waals surface area (Å²) in [4.78, 5) is 11.2. The van der Waals surface area contributed by atoms with Crippen LogP contribution in [0.5, 0.6) is 5.75 Å². The van der Waals surface area contributed by atoms with Crippen LogP contribution in [-0.2, 0) is 4.79 Å². The van der Waals surface area contributed by atoms with Gasteiger partial charge in [0.25, 0.3) is 0 Å². The van der Waals surface area contributed by atoms with E-state index < -0.39 is 0 Å². The highest BCUT2D eigenvalue weighted by Crippen LogP contribution is 2.18. The van der Waals surface area contributed by atoms with Crippen LogP contribution >= 0.6 is 15.9 Å². The third-order valence-corrected chi connectivity index (χ3v) is 2.26. The molecule has 0 saturated carbocycles. The first-order valence-corrected chi connectivity index (χ1v) is 5.48. The first-order chi connectivity index (χ1) is 6.72. The lowest BCUT2D eigenvalue weighted by Gasteiger charge is -2.03. The van der Waals surface area contributed by atoms with E-state index in [2.05, 4.69) is 15.9 Å². The number of esters is 1. The zero-order valence-corrected chi connectivity index (χ0v) is 9.71. The van der Waals surface area contributed by atoms with Crippen molar-refractivity contribution in [1.82, 2.24) is 0 Å². The van der Waals surface area contributed by atoms with E-state index in [0.29, 0.717) is 12.2 Å². The minimum absolute atomic E-state index is 0.162. The van der Waals surface area contributed by atoms with Crippen molar-refractivity contribution in [2.45, 2.75) is 26.2 Å². The minimum atomic E-state index is -0.162. The van der Waals surface area contributed by atoms with Crippen LogP contribution in [0, 0.1) is 0 Å². The summed E-state index contributed by atoms with van der Waals surface area (Å²) >= 11 is 3.31. The van der Waals surface area contributed by atoms with Gasteiger partial charge >= 0.3 is 5.97 Å². The fraction of sp³-hybridized carbons (Fsp3) is 0.364. The van der Waals surface area contributed by atoms with E-state index in [1.54, 1.807) is 12.1 Å². The van der Waals surface area contributed by atoms with Gasteiger partial charge in [-0.05, 0) is 24.6 Å². The summed E-state index contributed by atoms with van der Waals surface area (Å²) in [6.45, 7) is 2.05. The van der Waals surface area contributed by atoms with Gasteiger partial charge < -0.3 is 4.74 Å². The molecule has 14 heavy (non-hydrogen) atoms. The second kappa shape index (κ2) is 5.81. The quantitative estimate of drug-likeness (QED) is 0.609. The molecule has 1 aromatic carbocycles. The van der Waals surface area contributed by atoms with Gasteiger partial charge in [0.2, 0.25) is 0 Å². The van der Waals surface area contributed by atoms with Crippen molar-refractivity contribution in [1.29, 1.82) is 0 Å². The first-order valence-electron chi connectivity index (χ1n) is 4.68. The topological polar surface area (TPSA) is 26.3 Å². The molecular weight excluding hydrogens is 244 g/mol. The average molecular weight is 257 g/mol. The van der Waals surface area contributed by atoms with Gasteiger partial charge in [0.15, 0.2) is 0 Å². The van der Waals surface area contributed by atoms with Gasteiger partial charge in [-0.25, -0.2) is 0 Å². The van der Waals surface area contributed by atoms with E-state index in [9.17, 15) is 4.79 Å². The lowest BCUT2D eigenvalue weighted by atomic mass is 10.2. The highest BCUT2D eigenvalue weighted by Gasteiger charge is 2.03. The summed E-state index contributed by atoms with van der Waals surface area (Å²) in [5.41, 5.74) is 0. The molecule has 0 heterocycles. The van der Waals surface area contributed by atoms with Crippen LogP contribution in [0.15, 0.2) is 28.7 Å². The Morgan fingerprint density at radius 1 is 1.50 bits per heavy atom. The molecule has 0 unspecified atom stereocenters. The van der Waals surface area contributed by atoms with E-state index >= 15 is 0 Å². The molecular formula is C11H13BrO2. The van der Waals surface area contributed by atoms with Gasteiger partial charge in [0.05, 0.1) is 0 Å². The van der Waals surface area contributed by atoms with Gasteiger partial charge in [-0.15, -0.1) is 0 Å². The molecule has 2 nitrogen and oxygen atoms in total. The molecule has 0 aliphatic rings. The maximum absolute atomic E-state index is 11.2. The van der Waals surface area contributed by atoms with Crippen LogP contribution in [0.3, 0.4) is 0 Å². The van der Waals surface area contributed by atoms with E-state index in [4.69, 9.17) is 4.74 Å². The molecule has 0 radical (unpaired) electrons. The Balaban J connectivity index is 2.47. The molecule has 1 aromatic rings. The molecule has 1 rings (SSSR count). The zero-order valence-electron chi connectivity index (χ0n) is 8.13. The molecule has 0 aromatic heterocycles. The SMILES string of the molecule is CCCCC(=O)Oc1cccc(Br)c1. The minimum Gasteiger partial charge on any atom is -0.426 e. The highest BCUT2D eigenvalue weighted by atomic mass is 79.9. The number of halogens is 1. The fourth-order valence-corrected chi connectivity index (χ4v) is 1.41. The molecule has 0 atom stereocenters. The van der Waals surface area contributed by atoms with Crippen molar-refractivity contribution in [3.05, 3.63) is 28.7 Å². The van der Waals surface area contributed by atoms with Crippen molar-refractivity contribution >= 4 is 21.9 Å². The summed E-state index contributed by atoms with van der Waals surface area (Å²) in [5.74, 6) is 0.436. The maximum Gasteiger partial charge on any atom is 0.311 e. The Morgan fingerprint density at radius 2 is 2.29 bits per heavy atom. The molecule has 76 valence electrons. The second-order valence-corrected chi connectivity index (χ2v) is 3.95. The second-order valence-electron chi connectivity index (χ2n) is 3.03. The predicted octanol–water partition coefficient (Wildman–Crippen LogP) is 3.54. The van der Waals surface area contributed by atoms with Crippen LogP contribution in [0.25, 0.3) is 0 Å². The van der Waals surface area contributed by atoms with Crippen LogP contribution < -0.4 is 4.74 Å². The Hall–Kier alpha value is -0.830. The number of ether oxygens (including phenoxy) is 1. The van der Waals surface area contributed by atoms with Crippen molar-refractivity contribution in [2.24, 2.45) is 0 Å². The van der Waals surface area contributed by atoms with Crippen molar-refractivity contribution in [3.8, 4) is 5.75 Å². The van der Waals surface area contributed by atoms with Crippen LogP contribution in [0.4, 0.5) is 0 Å². The van der Waals surface area contributed by atoms with Gasteiger partial charge in [-0.2, -0.15) is 0 Å². The zero-order chi connectivity index (χ0) is 10.4. The molecule has 0 fully saturated rings. The molecule has 0 aliphatic heterocycles. The molecule has 0 bridgehead atoms. The summed E-state index contributed by atoms with van der Waals surface area (Å²) in [6.07, 6.45) is 2.38. The number of carbonyl (C=O) groups is 1. The number of rotatable bonds is 4. The van der Waals surface area contributed by atoms with Crippen LogP contribution in [-0.4, -0.2) is 5.97 Å². The number of benzene rings is 1. The van der Waals surface area contributed by atoms with E-state index in [-0.39, 0.29) is 5.97 Å². The molecule has 0 saturated heterocycles. The maximum atomic E-state index is 11.2. The summed E-state index contributed by atoms with van der Waals surface area (Å²) < 4.78 is 6.04. The number of hydrogen-bond donors (Lipinski definition) is 0.